The molecule has 188 valence electrons. The Morgan fingerprint density at radius 3 is 1.62 bits per heavy atom. The summed E-state index contributed by atoms with van der Waals surface area (Å²) in [5, 5.41) is 18.4. The Morgan fingerprint density at radius 2 is 1.24 bits per heavy atom. The lowest BCUT2D eigenvalue weighted by Crippen LogP contribution is -2.42. The normalized spacial score (nSPS) is 28.5. The van der Waals surface area contributed by atoms with Crippen molar-refractivity contribution in [1.82, 2.24) is 15.0 Å². The van der Waals surface area contributed by atoms with Crippen LogP contribution >= 0.6 is 0 Å². The molecule has 0 aliphatic carbocycles. The highest BCUT2D eigenvalue weighted by molar-refractivity contribution is 7.86. The summed E-state index contributed by atoms with van der Waals surface area (Å²) in [5.74, 6) is -1.93. The molecule has 1 aromatic heterocycles. The Kier molecular flexibility index (Phi) is 6.50. The van der Waals surface area contributed by atoms with Gasteiger partial charge in [0.1, 0.15) is 12.1 Å². The van der Waals surface area contributed by atoms with Gasteiger partial charge in [-0.25, -0.2) is 9.59 Å². The molecule has 3 fully saturated rings. The second-order valence-corrected chi connectivity index (χ2v) is 10.6. The molecule has 34 heavy (non-hydrogen) atoms. The molecule has 0 radical (unpaired) electrons. The smallest absolute Gasteiger partial charge is 0.326 e. The molecule has 0 bridgehead atoms. The van der Waals surface area contributed by atoms with Crippen LogP contribution < -0.4 is 26.2 Å². The number of aliphatic carboxylic acids is 2. The van der Waals surface area contributed by atoms with Gasteiger partial charge in [-0.2, -0.15) is 23.4 Å². The van der Waals surface area contributed by atoms with E-state index >= 15 is 0 Å². The van der Waals surface area contributed by atoms with Gasteiger partial charge in [0.05, 0.1) is 5.25 Å². The van der Waals surface area contributed by atoms with Crippen molar-refractivity contribution >= 4 is 39.9 Å². The Morgan fingerprint density at radius 1 is 0.824 bits per heavy atom. The number of aromatic nitrogens is 3. The summed E-state index contributed by atoms with van der Waals surface area (Å²) in [6, 6.07) is -2.75. The van der Waals surface area contributed by atoms with E-state index in [0.717, 1.165) is 0 Å². The summed E-state index contributed by atoms with van der Waals surface area (Å²) in [6.07, 6.45) is 0.678. The number of carbonyl (C=O) groups is 2. The molecule has 1 aromatic rings. The van der Waals surface area contributed by atoms with Crippen molar-refractivity contribution < 1.29 is 32.8 Å². The summed E-state index contributed by atoms with van der Waals surface area (Å²) >= 11 is 0. The van der Waals surface area contributed by atoms with Gasteiger partial charge in [-0.3, -0.25) is 4.55 Å². The minimum Gasteiger partial charge on any atom is -0.480 e. The molecule has 0 amide bonds. The molecule has 0 saturated carbocycles. The summed E-state index contributed by atoms with van der Waals surface area (Å²) in [4.78, 5) is 41.5. The Labute approximate surface area is 195 Å². The van der Waals surface area contributed by atoms with Gasteiger partial charge in [-0.05, 0) is 25.7 Å². The fraction of sp³-hybridized carbons (Fsp3) is 0.722. The van der Waals surface area contributed by atoms with E-state index in [1.165, 1.54) is 9.80 Å². The first-order valence-electron chi connectivity index (χ1n) is 10.9. The van der Waals surface area contributed by atoms with Crippen LogP contribution in [0.1, 0.15) is 25.7 Å². The zero-order chi connectivity index (χ0) is 24.8. The van der Waals surface area contributed by atoms with Gasteiger partial charge in [0.15, 0.2) is 0 Å². The molecule has 3 aliphatic rings. The monoisotopic (exact) mass is 500 g/mol. The molecule has 7 N–H and O–H groups in total. The van der Waals surface area contributed by atoms with E-state index in [2.05, 4.69) is 15.0 Å². The van der Waals surface area contributed by atoms with Crippen molar-refractivity contribution in [3.05, 3.63) is 0 Å². The number of nitrogens with two attached hydrogens (primary N) is 2. The fourth-order valence-electron chi connectivity index (χ4n) is 4.74. The first kappa shape index (κ1) is 24.3. The lowest BCUT2D eigenvalue weighted by Gasteiger charge is -2.32. The van der Waals surface area contributed by atoms with E-state index in [4.69, 9.17) is 11.5 Å². The Hall–Kier alpha value is -2.82. The number of nitrogens with zero attached hydrogens (tertiary/aromatic N) is 6. The standard InChI is InChI=1S/C18H28N8O7S/c19-9-5-12(14(27)28)25(7-9)17-21-16(24-3-1-11(2-4-24)34(31,32)33)22-18(23-17)26-8-10(20)6-13(26)15(29)30/h9-13H,1-8,19-20H2,(H,27,28)(H,29,30)(H,31,32,33). The molecule has 0 spiro atoms. The van der Waals surface area contributed by atoms with Crippen LogP contribution in [-0.2, 0) is 19.7 Å². The van der Waals surface area contributed by atoms with E-state index in [1.807, 2.05) is 0 Å². The number of carboxylic acid groups (broad SMARTS) is 2. The van der Waals surface area contributed by atoms with Crippen molar-refractivity contribution in [2.45, 2.75) is 55.1 Å². The maximum absolute atomic E-state index is 11.8. The molecule has 16 heteroatoms. The number of hydrogen-bond donors (Lipinski definition) is 5. The predicted octanol–water partition coefficient (Wildman–Crippen LogP) is -2.29. The lowest BCUT2D eigenvalue weighted by atomic mass is 10.1. The quantitative estimate of drug-likeness (QED) is 0.259. The molecule has 4 unspecified atom stereocenters. The minimum atomic E-state index is -4.17. The topological polar surface area (TPSA) is 229 Å². The molecular weight excluding hydrogens is 472 g/mol. The average Bonchev–Trinajstić information content (AvgIpc) is 3.36. The summed E-state index contributed by atoms with van der Waals surface area (Å²) in [5.41, 5.74) is 12.0. The number of carboxylic acids is 2. The average molecular weight is 501 g/mol. The second kappa shape index (κ2) is 9.09. The number of anilines is 3. The van der Waals surface area contributed by atoms with Crippen LogP contribution in [0.25, 0.3) is 0 Å². The highest BCUT2D eigenvalue weighted by Crippen LogP contribution is 2.30. The van der Waals surface area contributed by atoms with Crippen molar-refractivity contribution in [1.29, 1.82) is 0 Å². The van der Waals surface area contributed by atoms with Gasteiger partial charge in [-0.1, -0.05) is 0 Å². The molecule has 0 aromatic carbocycles. The van der Waals surface area contributed by atoms with Crippen molar-refractivity contribution in [2.75, 3.05) is 40.9 Å². The molecule has 3 saturated heterocycles. The SMILES string of the molecule is NC1CC(C(=O)O)N(c2nc(N3CCC(S(=O)(=O)O)CC3)nc(N3CC(N)CC3C(=O)O)n2)C1. The van der Waals surface area contributed by atoms with Gasteiger partial charge >= 0.3 is 11.9 Å². The van der Waals surface area contributed by atoms with E-state index in [9.17, 15) is 32.8 Å². The second-order valence-electron chi connectivity index (χ2n) is 8.94. The molecular formula is C18H28N8O7S. The van der Waals surface area contributed by atoms with Crippen LogP contribution in [0.2, 0.25) is 0 Å². The molecule has 3 aliphatic heterocycles. The molecule has 15 nitrogen and oxygen atoms in total. The van der Waals surface area contributed by atoms with Crippen LogP contribution in [0.5, 0.6) is 0 Å². The van der Waals surface area contributed by atoms with Crippen molar-refractivity contribution in [2.24, 2.45) is 11.5 Å². The Bertz CT molecular complexity index is 1010. The van der Waals surface area contributed by atoms with E-state index in [1.54, 1.807) is 4.90 Å². The van der Waals surface area contributed by atoms with Gasteiger partial charge in [0, 0.05) is 38.3 Å². The van der Waals surface area contributed by atoms with E-state index < -0.39 is 51.5 Å². The van der Waals surface area contributed by atoms with Crippen LogP contribution in [0, 0.1) is 0 Å². The van der Waals surface area contributed by atoms with Gasteiger partial charge in [-0.15, -0.1) is 0 Å². The van der Waals surface area contributed by atoms with Gasteiger partial charge in [0.25, 0.3) is 10.1 Å². The van der Waals surface area contributed by atoms with Crippen LogP contribution in [0.3, 0.4) is 0 Å². The van der Waals surface area contributed by atoms with Crippen molar-refractivity contribution in [3.63, 3.8) is 0 Å². The number of rotatable bonds is 6. The predicted molar refractivity (Wildman–Crippen MR) is 119 cm³/mol. The lowest BCUT2D eigenvalue weighted by molar-refractivity contribution is -0.139. The zero-order valence-corrected chi connectivity index (χ0v) is 19.1. The first-order valence-corrected chi connectivity index (χ1v) is 12.4. The maximum atomic E-state index is 11.8. The number of piperidine rings is 1. The third-order valence-corrected chi connectivity index (χ3v) is 7.81. The van der Waals surface area contributed by atoms with Crippen LogP contribution in [0.4, 0.5) is 17.8 Å². The number of hydrogen-bond acceptors (Lipinski definition) is 12. The summed E-state index contributed by atoms with van der Waals surface area (Å²) in [7, 11) is -4.17. The zero-order valence-electron chi connectivity index (χ0n) is 18.3. The first-order chi connectivity index (χ1) is 15.9. The van der Waals surface area contributed by atoms with Gasteiger partial charge in [0.2, 0.25) is 17.8 Å². The molecule has 4 rings (SSSR count). The highest BCUT2D eigenvalue weighted by atomic mass is 32.2. The molecule has 4 atom stereocenters. The van der Waals surface area contributed by atoms with Crippen LogP contribution in [-0.4, -0.2) is 106 Å². The third kappa shape index (κ3) is 4.84. The maximum Gasteiger partial charge on any atom is 0.326 e. The summed E-state index contributed by atoms with van der Waals surface area (Å²) in [6.45, 7) is 0.813. The third-order valence-electron chi connectivity index (χ3n) is 6.50. The summed E-state index contributed by atoms with van der Waals surface area (Å²) < 4.78 is 32.3. The van der Waals surface area contributed by atoms with E-state index in [-0.39, 0.29) is 69.7 Å². The van der Waals surface area contributed by atoms with E-state index in [0.29, 0.717) is 0 Å². The van der Waals surface area contributed by atoms with Gasteiger partial charge < -0.3 is 36.4 Å². The van der Waals surface area contributed by atoms with Crippen molar-refractivity contribution in [3.8, 4) is 0 Å². The van der Waals surface area contributed by atoms with Crippen LogP contribution in [0.15, 0.2) is 0 Å². The fourth-order valence-corrected chi connectivity index (χ4v) is 5.55. The largest absolute Gasteiger partial charge is 0.480 e. The minimum absolute atomic E-state index is 0.0434. The highest BCUT2D eigenvalue weighted by Gasteiger charge is 2.41. The molecule has 4 heterocycles. The Balaban J connectivity index is 1.71.